The molecule has 2 N–H and O–H groups in total. The molecule has 0 aliphatic heterocycles. The molecule has 5 nitrogen and oxygen atoms in total. The molecule has 2 amide bonds. The van der Waals surface area contributed by atoms with Crippen molar-refractivity contribution in [2.24, 2.45) is 0 Å². The van der Waals surface area contributed by atoms with Crippen LogP contribution in [0.4, 0.5) is 4.39 Å². The number of nitrogens with one attached hydrogen (secondary N) is 2. The lowest BCUT2D eigenvalue weighted by Crippen LogP contribution is -2.43. The highest BCUT2D eigenvalue weighted by Gasteiger charge is 2.07. The van der Waals surface area contributed by atoms with Gasteiger partial charge in [0.25, 0.3) is 5.91 Å². The SMILES string of the molecule is Cc1ccc(OCC(=O)NNC(=O)CCSc2ccc(F)cc2)c(C)c1. The molecule has 138 valence electrons. The van der Waals surface area contributed by atoms with Gasteiger partial charge in [-0.15, -0.1) is 11.8 Å². The molecule has 0 radical (unpaired) electrons. The molecule has 0 saturated heterocycles. The van der Waals surface area contributed by atoms with E-state index in [0.29, 0.717) is 11.5 Å². The first-order valence-electron chi connectivity index (χ1n) is 8.10. The van der Waals surface area contributed by atoms with E-state index in [1.54, 1.807) is 12.1 Å². The standard InChI is InChI=1S/C19H21FN2O3S/c1-13-3-8-17(14(2)11-13)25-12-19(24)22-21-18(23)9-10-26-16-6-4-15(20)5-7-16/h3-8,11H,9-10,12H2,1-2H3,(H,21,23)(H,22,24). The van der Waals surface area contributed by atoms with Crippen molar-refractivity contribution in [2.45, 2.75) is 25.2 Å². The lowest BCUT2D eigenvalue weighted by molar-refractivity contribution is -0.129. The second-order valence-corrected chi connectivity index (χ2v) is 6.87. The molecule has 2 aromatic rings. The Labute approximate surface area is 156 Å². The van der Waals surface area contributed by atoms with Gasteiger partial charge < -0.3 is 4.74 Å². The number of hydrogen-bond acceptors (Lipinski definition) is 4. The number of carbonyl (C=O) groups is 2. The number of rotatable bonds is 7. The highest BCUT2D eigenvalue weighted by atomic mass is 32.2. The summed E-state index contributed by atoms with van der Waals surface area (Å²) in [6.07, 6.45) is 0.222. The van der Waals surface area contributed by atoms with Gasteiger partial charge in [0.1, 0.15) is 11.6 Å². The highest BCUT2D eigenvalue weighted by Crippen LogP contribution is 2.19. The fraction of sp³-hybridized carbons (Fsp3) is 0.263. The molecular weight excluding hydrogens is 355 g/mol. The lowest BCUT2D eigenvalue weighted by atomic mass is 10.1. The summed E-state index contributed by atoms with van der Waals surface area (Å²) in [5, 5.41) is 0. The number of hydrogen-bond donors (Lipinski definition) is 2. The first kappa shape index (κ1) is 19.8. The molecule has 0 spiro atoms. The number of thioether (sulfide) groups is 1. The molecule has 0 saturated carbocycles. The van der Waals surface area contributed by atoms with Gasteiger partial charge in [-0.3, -0.25) is 20.4 Å². The molecule has 26 heavy (non-hydrogen) atoms. The summed E-state index contributed by atoms with van der Waals surface area (Å²) in [5.74, 6) is 0.112. The van der Waals surface area contributed by atoms with E-state index >= 15 is 0 Å². The van der Waals surface area contributed by atoms with Crippen molar-refractivity contribution < 1.29 is 18.7 Å². The molecule has 2 aromatic carbocycles. The van der Waals surface area contributed by atoms with Crippen LogP contribution in [0.5, 0.6) is 5.75 Å². The molecule has 0 unspecified atom stereocenters. The quantitative estimate of drug-likeness (QED) is 0.575. The van der Waals surface area contributed by atoms with E-state index in [9.17, 15) is 14.0 Å². The first-order valence-corrected chi connectivity index (χ1v) is 9.08. The van der Waals surface area contributed by atoms with Crippen molar-refractivity contribution in [3.8, 4) is 5.75 Å². The minimum absolute atomic E-state index is 0.186. The van der Waals surface area contributed by atoms with Gasteiger partial charge in [0, 0.05) is 17.1 Å². The van der Waals surface area contributed by atoms with Gasteiger partial charge in [0.15, 0.2) is 6.61 Å². The van der Waals surface area contributed by atoms with Crippen LogP contribution in [0.25, 0.3) is 0 Å². The largest absolute Gasteiger partial charge is 0.483 e. The minimum Gasteiger partial charge on any atom is -0.483 e. The zero-order chi connectivity index (χ0) is 18.9. The van der Waals surface area contributed by atoms with Crippen LogP contribution in [0.3, 0.4) is 0 Å². The zero-order valence-electron chi connectivity index (χ0n) is 14.7. The Hall–Kier alpha value is -2.54. The molecule has 0 bridgehead atoms. The van der Waals surface area contributed by atoms with Gasteiger partial charge in [0.2, 0.25) is 5.91 Å². The third-order valence-electron chi connectivity index (χ3n) is 3.44. The van der Waals surface area contributed by atoms with E-state index in [2.05, 4.69) is 10.9 Å². The fourth-order valence-electron chi connectivity index (χ4n) is 2.13. The number of halogens is 1. The number of carbonyl (C=O) groups excluding carboxylic acids is 2. The summed E-state index contributed by atoms with van der Waals surface area (Å²) in [6.45, 7) is 3.70. The van der Waals surface area contributed by atoms with Gasteiger partial charge in [-0.05, 0) is 49.7 Å². The number of ether oxygens (including phenoxy) is 1. The average molecular weight is 376 g/mol. The number of amides is 2. The van der Waals surface area contributed by atoms with Crippen molar-refractivity contribution in [2.75, 3.05) is 12.4 Å². The summed E-state index contributed by atoms with van der Waals surface area (Å²) < 4.78 is 18.2. The second-order valence-electron chi connectivity index (χ2n) is 5.71. The Morgan fingerprint density at radius 1 is 1.04 bits per heavy atom. The maximum atomic E-state index is 12.8. The van der Waals surface area contributed by atoms with Crippen LogP contribution >= 0.6 is 11.8 Å². The maximum absolute atomic E-state index is 12.8. The summed E-state index contributed by atoms with van der Waals surface area (Å²) in [4.78, 5) is 24.3. The number of benzene rings is 2. The van der Waals surface area contributed by atoms with E-state index < -0.39 is 5.91 Å². The van der Waals surface area contributed by atoms with Gasteiger partial charge in [-0.25, -0.2) is 4.39 Å². The highest BCUT2D eigenvalue weighted by molar-refractivity contribution is 7.99. The van der Waals surface area contributed by atoms with Crippen molar-refractivity contribution in [1.82, 2.24) is 10.9 Å². The van der Waals surface area contributed by atoms with Crippen LogP contribution in [-0.4, -0.2) is 24.2 Å². The monoisotopic (exact) mass is 376 g/mol. The van der Waals surface area contributed by atoms with E-state index in [1.165, 1.54) is 23.9 Å². The van der Waals surface area contributed by atoms with E-state index in [1.807, 2.05) is 32.0 Å². The third kappa shape index (κ3) is 6.76. The van der Waals surface area contributed by atoms with Gasteiger partial charge in [-0.2, -0.15) is 0 Å². The van der Waals surface area contributed by atoms with Crippen LogP contribution < -0.4 is 15.6 Å². The summed E-state index contributed by atoms with van der Waals surface area (Å²) in [7, 11) is 0. The summed E-state index contributed by atoms with van der Waals surface area (Å²) >= 11 is 1.44. The molecular formula is C19H21FN2O3S. The van der Waals surface area contributed by atoms with Crippen LogP contribution in [0.2, 0.25) is 0 Å². The Morgan fingerprint density at radius 2 is 1.73 bits per heavy atom. The summed E-state index contributed by atoms with van der Waals surface area (Å²) in [6, 6.07) is 11.7. The summed E-state index contributed by atoms with van der Waals surface area (Å²) in [5.41, 5.74) is 6.72. The smallest absolute Gasteiger partial charge is 0.276 e. The molecule has 0 heterocycles. The Bertz CT molecular complexity index is 766. The second kappa shape index (κ2) is 9.82. The molecule has 0 atom stereocenters. The van der Waals surface area contributed by atoms with E-state index in [-0.39, 0.29) is 24.8 Å². The van der Waals surface area contributed by atoms with Crippen LogP contribution in [0, 0.1) is 19.7 Å². The molecule has 0 fully saturated rings. The third-order valence-corrected chi connectivity index (χ3v) is 4.46. The normalized spacial score (nSPS) is 10.3. The van der Waals surface area contributed by atoms with Gasteiger partial charge in [-0.1, -0.05) is 17.7 Å². The number of hydrazine groups is 1. The van der Waals surface area contributed by atoms with Crippen molar-refractivity contribution >= 4 is 23.6 Å². The van der Waals surface area contributed by atoms with Crippen LogP contribution in [0.1, 0.15) is 17.5 Å². The average Bonchev–Trinajstić information content (AvgIpc) is 2.61. The van der Waals surface area contributed by atoms with E-state index in [4.69, 9.17) is 4.74 Å². The fourth-order valence-corrected chi connectivity index (χ4v) is 2.99. The van der Waals surface area contributed by atoms with Crippen molar-refractivity contribution in [3.05, 3.63) is 59.4 Å². The van der Waals surface area contributed by atoms with Crippen molar-refractivity contribution in [1.29, 1.82) is 0 Å². The molecule has 0 aromatic heterocycles. The molecule has 2 rings (SSSR count). The maximum Gasteiger partial charge on any atom is 0.276 e. The van der Waals surface area contributed by atoms with Crippen LogP contribution in [0.15, 0.2) is 47.4 Å². The molecule has 0 aliphatic rings. The van der Waals surface area contributed by atoms with Gasteiger partial charge in [0.05, 0.1) is 0 Å². The predicted molar refractivity (Wildman–Crippen MR) is 99.4 cm³/mol. The van der Waals surface area contributed by atoms with Gasteiger partial charge >= 0.3 is 0 Å². The Balaban J connectivity index is 1.63. The van der Waals surface area contributed by atoms with E-state index in [0.717, 1.165) is 16.0 Å². The Morgan fingerprint density at radius 3 is 2.42 bits per heavy atom. The minimum atomic E-state index is -0.440. The molecule has 7 heteroatoms. The van der Waals surface area contributed by atoms with Crippen LogP contribution in [-0.2, 0) is 9.59 Å². The Kier molecular flexibility index (Phi) is 7.47. The predicted octanol–water partition coefficient (Wildman–Crippen LogP) is 3.15. The zero-order valence-corrected chi connectivity index (χ0v) is 15.5. The molecule has 0 aliphatic carbocycles. The first-order chi connectivity index (χ1) is 12.4. The lowest BCUT2D eigenvalue weighted by Gasteiger charge is -2.11. The van der Waals surface area contributed by atoms with Crippen molar-refractivity contribution in [3.63, 3.8) is 0 Å². The topological polar surface area (TPSA) is 67.4 Å². The number of aryl methyl sites for hydroxylation is 2.